The first-order valence-electron chi connectivity index (χ1n) is 9.45. The maximum absolute atomic E-state index is 15.3. The van der Waals surface area contributed by atoms with Gasteiger partial charge in [0.25, 0.3) is 5.91 Å². The maximum Gasteiger partial charge on any atom is 0.277 e. The summed E-state index contributed by atoms with van der Waals surface area (Å²) in [6.45, 7) is 7.73. The van der Waals surface area contributed by atoms with Crippen LogP contribution in [0.25, 0.3) is 0 Å². The third kappa shape index (κ3) is 4.89. The van der Waals surface area contributed by atoms with Gasteiger partial charge in [0.05, 0.1) is 28.6 Å². The van der Waals surface area contributed by atoms with Crippen molar-refractivity contribution in [3.63, 3.8) is 0 Å². The average Bonchev–Trinajstić information content (AvgIpc) is 3.51. The first-order chi connectivity index (χ1) is 13.8. The number of nitrogens with one attached hydrogen (secondary N) is 2. The van der Waals surface area contributed by atoms with Crippen molar-refractivity contribution in [2.45, 2.75) is 26.7 Å². The summed E-state index contributed by atoms with van der Waals surface area (Å²) in [5.41, 5.74) is 4.99. The van der Waals surface area contributed by atoms with Gasteiger partial charge in [0.15, 0.2) is 5.82 Å². The highest BCUT2D eigenvalue weighted by atomic mass is 35.5. The molecule has 0 aliphatic heterocycles. The number of amides is 1. The van der Waals surface area contributed by atoms with Gasteiger partial charge in [-0.1, -0.05) is 24.2 Å². The quantitative estimate of drug-likeness (QED) is 0.557. The predicted octanol–water partition coefficient (Wildman–Crippen LogP) is 5.49. The number of hydrogen-bond acceptors (Lipinski definition) is 4. The second kappa shape index (κ2) is 8.84. The number of aryl methyl sites for hydroxylation is 1. The molecule has 0 bridgehead atoms. The zero-order chi connectivity index (χ0) is 21.1. The largest absolute Gasteiger partial charge is 0.351 e. The molecule has 0 aromatic heterocycles. The van der Waals surface area contributed by atoms with Crippen molar-refractivity contribution in [2.75, 3.05) is 23.9 Å². The molecule has 2 aromatic rings. The molecule has 1 fully saturated rings. The molecule has 3 rings (SSSR count). The van der Waals surface area contributed by atoms with Gasteiger partial charge in [-0.3, -0.25) is 9.63 Å². The first kappa shape index (κ1) is 21.1. The molecule has 7 heteroatoms. The number of nitrogens with zero attached hydrogens (tertiary/aromatic N) is 1. The van der Waals surface area contributed by atoms with Gasteiger partial charge in [-0.2, -0.15) is 0 Å². The third-order valence-electron chi connectivity index (χ3n) is 4.95. The molecule has 1 aliphatic rings. The van der Waals surface area contributed by atoms with Crippen LogP contribution in [-0.2, 0) is 4.84 Å². The zero-order valence-electron chi connectivity index (χ0n) is 16.8. The number of anilines is 3. The maximum atomic E-state index is 15.3. The second-order valence-corrected chi connectivity index (χ2v) is 7.75. The van der Waals surface area contributed by atoms with E-state index in [0.717, 1.165) is 18.4 Å². The van der Waals surface area contributed by atoms with Gasteiger partial charge in [0.2, 0.25) is 0 Å². The van der Waals surface area contributed by atoms with Crippen LogP contribution >= 0.6 is 11.6 Å². The Hall–Kier alpha value is -2.57. The van der Waals surface area contributed by atoms with Crippen LogP contribution in [0.4, 0.5) is 21.5 Å². The number of hydrogen-bond donors (Lipinski definition) is 2. The Morgan fingerprint density at radius 2 is 2.10 bits per heavy atom. The lowest BCUT2D eigenvalue weighted by Gasteiger charge is -2.22. The number of halogens is 2. The Morgan fingerprint density at radius 1 is 1.38 bits per heavy atom. The molecule has 154 valence electrons. The Bertz CT molecular complexity index is 944. The van der Waals surface area contributed by atoms with Crippen molar-refractivity contribution < 1.29 is 14.0 Å². The van der Waals surface area contributed by atoms with Crippen molar-refractivity contribution in [3.8, 4) is 0 Å². The highest BCUT2D eigenvalue weighted by molar-refractivity contribution is 6.33. The average molecular weight is 418 g/mol. The molecule has 5 nitrogen and oxygen atoms in total. The molecular formula is C22H25ClFN3O2. The Balaban J connectivity index is 1.99. The fraction of sp³-hybridized carbons (Fsp3) is 0.318. The van der Waals surface area contributed by atoms with Gasteiger partial charge in [-0.25, -0.2) is 9.87 Å². The molecule has 0 heterocycles. The van der Waals surface area contributed by atoms with E-state index in [1.165, 1.54) is 0 Å². The SMILES string of the molecule is C=CN(C)c1cc(C(=O)NOCC2CC2)c(Nc2ccc(C)cc2Cl)c(F)c1C. The molecule has 1 amide bonds. The highest BCUT2D eigenvalue weighted by Crippen LogP contribution is 2.35. The van der Waals surface area contributed by atoms with E-state index in [1.54, 1.807) is 43.3 Å². The third-order valence-corrected chi connectivity index (χ3v) is 5.26. The number of rotatable bonds is 8. The van der Waals surface area contributed by atoms with Crippen LogP contribution in [0.1, 0.15) is 34.3 Å². The van der Waals surface area contributed by atoms with Gasteiger partial charge in [0, 0.05) is 18.3 Å². The molecule has 2 N–H and O–H groups in total. The van der Waals surface area contributed by atoms with E-state index in [4.69, 9.17) is 16.4 Å². The fourth-order valence-electron chi connectivity index (χ4n) is 2.92. The Labute approximate surface area is 175 Å². The number of carbonyl (C=O) groups is 1. The molecule has 1 saturated carbocycles. The van der Waals surface area contributed by atoms with Gasteiger partial charge < -0.3 is 10.2 Å². The van der Waals surface area contributed by atoms with Crippen LogP contribution in [0, 0.1) is 25.6 Å². The van der Waals surface area contributed by atoms with Crippen molar-refractivity contribution in [1.29, 1.82) is 0 Å². The summed E-state index contributed by atoms with van der Waals surface area (Å²) in [5, 5.41) is 3.42. The number of carbonyl (C=O) groups excluding carboxylic acids is 1. The van der Waals surface area contributed by atoms with Crippen molar-refractivity contribution in [1.82, 2.24) is 5.48 Å². The normalized spacial score (nSPS) is 13.1. The number of hydroxylamine groups is 1. The summed E-state index contributed by atoms with van der Waals surface area (Å²) in [6.07, 6.45) is 3.75. The summed E-state index contributed by atoms with van der Waals surface area (Å²) < 4.78 is 15.3. The highest BCUT2D eigenvalue weighted by Gasteiger charge is 2.25. The van der Waals surface area contributed by atoms with Crippen LogP contribution in [0.5, 0.6) is 0 Å². The smallest absolute Gasteiger partial charge is 0.277 e. The molecule has 0 atom stereocenters. The van der Waals surface area contributed by atoms with E-state index in [1.807, 2.05) is 13.0 Å². The van der Waals surface area contributed by atoms with Crippen molar-refractivity contribution in [2.24, 2.45) is 5.92 Å². The van der Waals surface area contributed by atoms with Crippen LogP contribution in [-0.4, -0.2) is 19.6 Å². The molecular weight excluding hydrogens is 393 g/mol. The summed E-state index contributed by atoms with van der Waals surface area (Å²) in [7, 11) is 1.74. The van der Waals surface area contributed by atoms with Crippen molar-refractivity contribution in [3.05, 3.63) is 64.6 Å². The molecule has 29 heavy (non-hydrogen) atoms. The molecule has 1 aliphatic carbocycles. The summed E-state index contributed by atoms with van der Waals surface area (Å²) >= 11 is 6.30. The van der Waals surface area contributed by atoms with E-state index in [0.29, 0.717) is 34.5 Å². The van der Waals surface area contributed by atoms with Gasteiger partial charge in [0.1, 0.15) is 0 Å². The van der Waals surface area contributed by atoms with Gasteiger partial charge >= 0.3 is 0 Å². The minimum Gasteiger partial charge on any atom is -0.351 e. The van der Waals surface area contributed by atoms with E-state index in [2.05, 4.69) is 17.4 Å². The lowest BCUT2D eigenvalue weighted by atomic mass is 10.0. The van der Waals surface area contributed by atoms with Gasteiger partial charge in [-0.15, -0.1) is 0 Å². The van der Waals surface area contributed by atoms with Crippen LogP contribution in [0.2, 0.25) is 5.02 Å². The molecule has 2 aromatic carbocycles. The molecule has 0 saturated heterocycles. The Kier molecular flexibility index (Phi) is 6.45. The first-order valence-corrected chi connectivity index (χ1v) is 9.83. The standard InChI is InChI=1S/C22H25ClFN3O2/c1-5-27(4)19-11-16(22(28)26-29-12-15-7-8-15)21(20(24)14(19)3)25-18-9-6-13(2)10-17(18)23/h5-6,9-11,15,25H,1,7-8,12H2,2-4H3,(H,26,28). The summed E-state index contributed by atoms with van der Waals surface area (Å²) in [6, 6.07) is 6.99. The second-order valence-electron chi connectivity index (χ2n) is 7.34. The Morgan fingerprint density at radius 3 is 2.72 bits per heavy atom. The minimum absolute atomic E-state index is 0.0435. The van der Waals surface area contributed by atoms with Gasteiger partial charge in [-0.05, 0) is 62.6 Å². The minimum atomic E-state index is -0.541. The van der Waals surface area contributed by atoms with E-state index in [-0.39, 0.29) is 11.3 Å². The van der Waals surface area contributed by atoms with Crippen molar-refractivity contribution >= 4 is 34.6 Å². The molecule has 0 radical (unpaired) electrons. The van der Waals surface area contributed by atoms with Crippen LogP contribution in [0.15, 0.2) is 37.0 Å². The lowest BCUT2D eigenvalue weighted by Crippen LogP contribution is -2.26. The van der Waals surface area contributed by atoms with Crippen LogP contribution in [0.3, 0.4) is 0 Å². The fourth-order valence-corrected chi connectivity index (χ4v) is 3.20. The molecule has 0 spiro atoms. The molecule has 0 unspecified atom stereocenters. The lowest BCUT2D eigenvalue weighted by molar-refractivity contribution is 0.0271. The summed E-state index contributed by atoms with van der Waals surface area (Å²) in [5.74, 6) is -0.592. The van der Waals surface area contributed by atoms with E-state index >= 15 is 4.39 Å². The van der Waals surface area contributed by atoms with E-state index < -0.39 is 11.7 Å². The predicted molar refractivity (Wildman–Crippen MR) is 115 cm³/mol. The monoisotopic (exact) mass is 417 g/mol. The van der Waals surface area contributed by atoms with E-state index in [9.17, 15) is 4.79 Å². The van der Waals surface area contributed by atoms with Crippen LogP contribution < -0.4 is 15.7 Å². The zero-order valence-corrected chi connectivity index (χ0v) is 17.6. The number of benzene rings is 2. The topological polar surface area (TPSA) is 53.6 Å². The summed E-state index contributed by atoms with van der Waals surface area (Å²) in [4.78, 5) is 19.8.